The second kappa shape index (κ2) is 9.74. The van der Waals surface area contributed by atoms with E-state index in [4.69, 9.17) is 24.0 Å². The molecule has 6 rings (SSSR count). The lowest BCUT2D eigenvalue weighted by molar-refractivity contribution is -0.577. The van der Waals surface area contributed by atoms with Crippen LogP contribution in [0.5, 0.6) is 0 Å². The molecule has 1 aromatic rings. The van der Waals surface area contributed by atoms with Crippen LogP contribution in [0.15, 0.2) is 30.3 Å². The summed E-state index contributed by atoms with van der Waals surface area (Å²) in [5.41, 5.74) is 0.505. The molecule has 2 amide bonds. The number of carbonyl (C=O) groups excluding carboxylic acids is 1. The van der Waals surface area contributed by atoms with Crippen LogP contribution in [-0.2, 0) is 30.5 Å². The van der Waals surface area contributed by atoms with E-state index in [0.717, 1.165) is 24.8 Å². The number of amides is 2. The Balaban J connectivity index is 1.12. The molecule has 2 N–H and O–H groups in total. The fourth-order valence-corrected chi connectivity index (χ4v) is 6.38. The number of fused-ring (bicyclic) bond motifs is 2. The molecule has 4 saturated heterocycles. The first-order chi connectivity index (χ1) is 16.4. The van der Waals surface area contributed by atoms with Crippen molar-refractivity contribution in [2.24, 2.45) is 23.7 Å². The number of hydrogen-bond donors (Lipinski definition) is 2. The normalized spacial score (nSPS) is 40.8. The largest absolute Gasteiger partial charge is 0.352 e. The molecule has 8 nitrogen and oxygen atoms in total. The van der Waals surface area contributed by atoms with Crippen LogP contribution in [-0.4, -0.2) is 43.2 Å². The van der Waals surface area contributed by atoms with Gasteiger partial charge in [-0.1, -0.05) is 44.2 Å². The predicted molar refractivity (Wildman–Crippen MR) is 124 cm³/mol. The second-order valence-corrected chi connectivity index (χ2v) is 10.6. The van der Waals surface area contributed by atoms with Crippen LogP contribution >= 0.6 is 0 Å². The van der Waals surface area contributed by atoms with Crippen molar-refractivity contribution in [2.45, 2.75) is 83.4 Å². The molecular weight excluding hydrogens is 436 g/mol. The Labute approximate surface area is 201 Å². The smallest absolute Gasteiger partial charge is 0.315 e. The SMILES string of the molecule is C[C@H]1[C@@H](OCCCNC(=O)NCc2ccccc2)O[C@@H]2O[C@]3(C)CC[C@H]4[C@H](C)CC[C@@H]1[C@@]24OO3. The zero-order chi connectivity index (χ0) is 23.8. The molecule has 1 aromatic carbocycles. The van der Waals surface area contributed by atoms with Gasteiger partial charge in [-0.3, -0.25) is 0 Å². The fourth-order valence-electron chi connectivity index (χ4n) is 6.38. The van der Waals surface area contributed by atoms with Gasteiger partial charge in [0.2, 0.25) is 5.79 Å². The quantitative estimate of drug-likeness (QED) is 0.457. The third-order valence-electron chi connectivity index (χ3n) is 8.28. The van der Waals surface area contributed by atoms with E-state index in [1.807, 2.05) is 37.3 Å². The van der Waals surface area contributed by atoms with Crippen molar-refractivity contribution in [1.29, 1.82) is 0 Å². The summed E-state index contributed by atoms with van der Waals surface area (Å²) in [5, 5.41) is 5.76. The number of rotatable bonds is 7. The van der Waals surface area contributed by atoms with E-state index in [1.54, 1.807) is 0 Å². The first-order valence-corrected chi connectivity index (χ1v) is 12.8. The van der Waals surface area contributed by atoms with Crippen molar-refractivity contribution in [3.8, 4) is 0 Å². The van der Waals surface area contributed by atoms with Crippen LogP contribution in [0.2, 0.25) is 0 Å². The van der Waals surface area contributed by atoms with E-state index < -0.39 is 17.7 Å². The molecule has 0 aromatic heterocycles. The molecule has 1 spiro atoms. The lowest BCUT2D eigenvalue weighted by Crippen LogP contribution is -2.70. The molecule has 8 heteroatoms. The van der Waals surface area contributed by atoms with Crippen LogP contribution in [0, 0.1) is 23.7 Å². The number of benzene rings is 1. The highest BCUT2D eigenvalue weighted by Crippen LogP contribution is 2.60. The minimum Gasteiger partial charge on any atom is -0.352 e. The standard InChI is InChI=1S/C26H38N2O6/c1-17-10-11-21-18(2)22(31-23-26(21)20(17)12-13-25(3,32-23)33-34-26)30-15-7-14-27-24(29)28-16-19-8-5-4-6-9-19/h4-6,8-9,17-18,20-23H,7,10-16H2,1-3H3,(H2,27,28,29)/t17-,18-,20+,21+,22+,23-,25+,26-/m1/s1. The third-order valence-corrected chi connectivity index (χ3v) is 8.28. The van der Waals surface area contributed by atoms with Crippen molar-refractivity contribution in [1.82, 2.24) is 10.6 Å². The Morgan fingerprint density at radius 2 is 1.91 bits per heavy atom. The predicted octanol–water partition coefficient (Wildman–Crippen LogP) is 4.10. The van der Waals surface area contributed by atoms with Crippen LogP contribution in [0.1, 0.15) is 58.4 Å². The summed E-state index contributed by atoms with van der Waals surface area (Å²) in [7, 11) is 0. The Morgan fingerprint density at radius 1 is 1.09 bits per heavy atom. The number of nitrogens with one attached hydrogen (secondary N) is 2. The topological polar surface area (TPSA) is 87.3 Å². The number of hydrogen-bond acceptors (Lipinski definition) is 6. The van der Waals surface area contributed by atoms with E-state index in [-0.39, 0.29) is 24.2 Å². The Hall–Kier alpha value is -1.71. The molecule has 0 radical (unpaired) electrons. The van der Waals surface area contributed by atoms with Gasteiger partial charge in [0.1, 0.15) is 0 Å². The average Bonchev–Trinajstić information content (AvgIpc) is 3.07. The maximum absolute atomic E-state index is 12.0. The molecule has 1 aliphatic carbocycles. The lowest BCUT2D eigenvalue weighted by Gasteiger charge is -2.60. The fraction of sp³-hybridized carbons (Fsp3) is 0.731. The molecule has 188 valence electrons. The Kier molecular flexibility index (Phi) is 6.88. The van der Waals surface area contributed by atoms with Gasteiger partial charge in [-0.05, 0) is 50.0 Å². The molecule has 8 atom stereocenters. The lowest BCUT2D eigenvalue weighted by atomic mass is 9.58. The van der Waals surface area contributed by atoms with Crippen molar-refractivity contribution in [3.05, 3.63) is 35.9 Å². The van der Waals surface area contributed by atoms with Gasteiger partial charge in [0.15, 0.2) is 18.2 Å². The van der Waals surface area contributed by atoms with E-state index >= 15 is 0 Å². The van der Waals surface area contributed by atoms with Crippen molar-refractivity contribution in [3.63, 3.8) is 0 Å². The minimum atomic E-state index is -0.778. The molecular formula is C26H38N2O6. The second-order valence-electron chi connectivity index (χ2n) is 10.6. The summed E-state index contributed by atoms with van der Waals surface area (Å²) >= 11 is 0. The molecule has 0 unspecified atom stereocenters. The zero-order valence-electron chi connectivity index (χ0n) is 20.5. The Morgan fingerprint density at radius 3 is 2.74 bits per heavy atom. The molecule has 34 heavy (non-hydrogen) atoms. The van der Waals surface area contributed by atoms with Crippen LogP contribution in [0.3, 0.4) is 0 Å². The third kappa shape index (κ3) is 4.46. The van der Waals surface area contributed by atoms with Gasteiger partial charge >= 0.3 is 6.03 Å². The highest BCUT2D eigenvalue weighted by Gasteiger charge is 2.69. The zero-order valence-corrected chi connectivity index (χ0v) is 20.5. The maximum atomic E-state index is 12.0. The summed E-state index contributed by atoms with van der Waals surface area (Å²) in [5.74, 6) is 0.519. The van der Waals surface area contributed by atoms with E-state index in [2.05, 4.69) is 24.5 Å². The van der Waals surface area contributed by atoms with Crippen molar-refractivity contribution < 1.29 is 28.8 Å². The van der Waals surface area contributed by atoms with Gasteiger partial charge < -0.3 is 24.8 Å². The van der Waals surface area contributed by atoms with E-state index in [0.29, 0.717) is 38.0 Å². The number of ether oxygens (including phenoxy) is 3. The minimum absolute atomic E-state index is 0.156. The molecule has 4 aliphatic heterocycles. The van der Waals surface area contributed by atoms with E-state index in [9.17, 15) is 4.79 Å². The monoisotopic (exact) mass is 474 g/mol. The van der Waals surface area contributed by atoms with Crippen LogP contribution in [0.25, 0.3) is 0 Å². The summed E-state index contributed by atoms with van der Waals surface area (Å²) in [6, 6.07) is 9.67. The molecule has 1 saturated carbocycles. The van der Waals surface area contributed by atoms with Crippen LogP contribution in [0.4, 0.5) is 4.79 Å². The van der Waals surface area contributed by atoms with Crippen molar-refractivity contribution in [2.75, 3.05) is 13.2 Å². The summed E-state index contributed by atoms with van der Waals surface area (Å²) in [6.07, 6.45) is 3.87. The van der Waals surface area contributed by atoms with Gasteiger partial charge in [-0.15, -0.1) is 0 Å². The van der Waals surface area contributed by atoms with Gasteiger partial charge in [-0.2, -0.15) is 0 Å². The highest BCUT2D eigenvalue weighted by molar-refractivity contribution is 5.73. The average molecular weight is 475 g/mol. The molecule has 5 aliphatic rings. The van der Waals surface area contributed by atoms with Gasteiger partial charge in [0.05, 0.1) is 6.61 Å². The maximum Gasteiger partial charge on any atom is 0.315 e. The first-order valence-electron chi connectivity index (χ1n) is 12.8. The van der Waals surface area contributed by atoms with E-state index in [1.165, 1.54) is 6.42 Å². The highest BCUT2D eigenvalue weighted by atomic mass is 17.3. The summed E-state index contributed by atoms with van der Waals surface area (Å²) in [4.78, 5) is 24.1. The van der Waals surface area contributed by atoms with Crippen molar-refractivity contribution >= 4 is 6.03 Å². The molecule has 4 heterocycles. The van der Waals surface area contributed by atoms with Gasteiger partial charge in [0, 0.05) is 31.3 Å². The van der Waals surface area contributed by atoms with Gasteiger partial charge in [0.25, 0.3) is 0 Å². The molecule has 2 bridgehead atoms. The Bertz CT molecular complexity index is 855. The number of carbonyl (C=O) groups is 1. The van der Waals surface area contributed by atoms with Gasteiger partial charge in [-0.25, -0.2) is 14.6 Å². The first kappa shape index (κ1) is 24.0. The van der Waals surface area contributed by atoms with Crippen LogP contribution < -0.4 is 10.6 Å². The summed E-state index contributed by atoms with van der Waals surface area (Å²) in [6.45, 7) is 7.96. The molecule has 5 fully saturated rings. The summed E-state index contributed by atoms with van der Waals surface area (Å²) < 4.78 is 19.0. The number of urea groups is 1.